The molecule has 0 saturated carbocycles. The summed E-state index contributed by atoms with van der Waals surface area (Å²) in [4.78, 5) is 39.6. The number of rotatable bonds is 9. The lowest BCUT2D eigenvalue weighted by Crippen LogP contribution is -2.31. The molecule has 0 aliphatic carbocycles. The molecule has 0 unspecified atom stereocenters. The number of benzene rings is 1. The molecule has 0 saturated heterocycles. The van der Waals surface area contributed by atoms with Crippen molar-refractivity contribution < 1.29 is 33.3 Å². The van der Waals surface area contributed by atoms with E-state index in [1.165, 1.54) is 13.8 Å². The summed E-state index contributed by atoms with van der Waals surface area (Å²) in [6.07, 6.45) is 0.691. The summed E-state index contributed by atoms with van der Waals surface area (Å²) in [5.41, 5.74) is 1.84. The van der Waals surface area contributed by atoms with Gasteiger partial charge in [-0.1, -0.05) is 6.07 Å². The first kappa shape index (κ1) is 22.2. The van der Waals surface area contributed by atoms with Crippen molar-refractivity contribution in [2.45, 2.75) is 26.4 Å². The molecule has 0 fully saturated rings. The molecule has 2 aromatic rings. The fourth-order valence-corrected chi connectivity index (χ4v) is 2.63. The molecule has 1 aromatic heterocycles. The van der Waals surface area contributed by atoms with Crippen molar-refractivity contribution in [2.24, 2.45) is 0 Å². The van der Waals surface area contributed by atoms with Crippen molar-refractivity contribution in [3.05, 3.63) is 30.0 Å². The third-order valence-electron chi connectivity index (χ3n) is 3.98. The normalized spacial score (nSPS) is 11.0. The van der Waals surface area contributed by atoms with Crippen LogP contribution in [0.4, 0.5) is 4.79 Å². The molecule has 2 rings (SSSR count). The van der Waals surface area contributed by atoms with Crippen molar-refractivity contribution in [3.8, 4) is 5.75 Å². The summed E-state index contributed by atoms with van der Waals surface area (Å²) in [7, 11) is 3.96. The van der Waals surface area contributed by atoms with Crippen molar-refractivity contribution in [3.63, 3.8) is 0 Å². The highest BCUT2D eigenvalue weighted by Gasteiger charge is 2.21. The molecule has 9 nitrogen and oxygen atoms in total. The largest absolute Gasteiger partial charge is 0.514 e. The highest BCUT2D eigenvalue weighted by atomic mass is 16.7. The molecule has 0 aliphatic rings. The zero-order valence-corrected chi connectivity index (χ0v) is 17.0. The van der Waals surface area contributed by atoms with Crippen LogP contribution in [-0.4, -0.2) is 67.9 Å². The summed E-state index contributed by atoms with van der Waals surface area (Å²) in [5, 5.41) is 0.794. The minimum Gasteiger partial charge on any atom is -0.462 e. The zero-order valence-electron chi connectivity index (χ0n) is 17.0. The summed E-state index contributed by atoms with van der Waals surface area (Å²) in [6.45, 7) is 2.78. The van der Waals surface area contributed by atoms with Crippen LogP contribution in [0.2, 0.25) is 0 Å². The average Bonchev–Trinajstić information content (AvgIpc) is 3.06. The molecular formula is C20H26N2O7. The number of fused-ring (bicyclic) bond motifs is 1. The number of aromatic nitrogens is 1. The van der Waals surface area contributed by atoms with Gasteiger partial charge in [0.15, 0.2) is 6.10 Å². The third-order valence-corrected chi connectivity index (χ3v) is 3.98. The van der Waals surface area contributed by atoms with Crippen LogP contribution in [0.3, 0.4) is 0 Å². The topological polar surface area (TPSA) is 107 Å². The van der Waals surface area contributed by atoms with Gasteiger partial charge in [0, 0.05) is 37.5 Å². The highest BCUT2D eigenvalue weighted by Crippen LogP contribution is 2.29. The van der Waals surface area contributed by atoms with Crippen LogP contribution in [0.1, 0.15) is 19.4 Å². The van der Waals surface area contributed by atoms with E-state index in [9.17, 15) is 14.4 Å². The highest BCUT2D eigenvalue weighted by molar-refractivity contribution is 5.90. The molecule has 0 amide bonds. The number of hydrogen-bond acceptors (Lipinski definition) is 8. The maximum Gasteiger partial charge on any atom is 0.514 e. The number of nitrogens with one attached hydrogen (secondary N) is 1. The van der Waals surface area contributed by atoms with Crippen LogP contribution in [0.25, 0.3) is 10.9 Å². The fraction of sp³-hybridized carbons (Fsp3) is 0.450. The number of carbonyl (C=O) groups excluding carboxylic acids is 3. The lowest BCUT2D eigenvalue weighted by Gasteiger charge is -2.17. The molecular weight excluding hydrogens is 380 g/mol. The quantitative estimate of drug-likeness (QED) is 0.384. The van der Waals surface area contributed by atoms with Gasteiger partial charge in [0.1, 0.15) is 19.0 Å². The maximum absolute atomic E-state index is 12.3. The van der Waals surface area contributed by atoms with Gasteiger partial charge in [-0.3, -0.25) is 9.59 Å². The van der Waals surface area contributed by atoms with Crippen LogP contribution in [0, 0.1) is 0 Å². The molecule has 29 heavy (non-hydrogen) atoms. The van der Waals surface area contributed by atoms with Gasteiger partial charge in [-0.2, -0.15) is 0 Å². The number of nitrogens with zero attached hydrogens (tertiary/aromatic N) is 1. The van der Waals surface area contributed by atoms with E-state index in [0.29, 0.717) is 5.75 Å². The Balaban J connectivity index is 2.11. The van der Waals surface area contributed by atoms with E-state index in [1.807, 2.05) is 26.4 Å². The number of likely N-dealkylation sites (N-methyl/N-ethyl adjacent to an activating group) is 1. The van der Waals surface area contributed by atoms with Crippen molar-refractivity contribution in [1.29, 1.82) is 0 Å². The number of hydrogen-bond donors (Lipinski definition) is 1. The molecule has 1 N–H and O–H groups in total. The van der Waals surface area contributed by atoms with Crippen LogP contribution in [0.5, 0.6) is 5.75 Å². The van der Waals surface area contributed by atoms with Gasteiger partial charge in [-0.05, 0) is 38.2 Å². The van der Waals surface area contributed by atoms with E-state index in [1.54, 1.807) is 12.1 Å². The smallest absolute Gasteiger partial charge is 0.462 e. The number of carbonyl (C=O) groups is 3. The monoisotopic (exact) mass is 406 g/mol. The molecule has 0 aliphatic heterocycles. The van der Waals surface area contributed by atoms with E-state index in [4.69, 9.17) is 18.9 Å². The predicted molar refractivity (Wildman–Crippen MR) is 105 cm³/mol. The molecule has 1 aromatic carbocycles. The number of ether oxygens (including phenoxy) is 4. The minimum absolute atomic E-state index is 0.250. The van der Waals surface area contributed by atoms with Gasteiger partial charge >= 0.3 is 18.1 Å². The van der Waals surface area contributed by atoms with E-state index >= 15 is 0 Å². The molecule has 0 spiro atoms. The van der Waals surface area contributed by atoms with Gasteiger partial charge in [0.05, 0.1) is 0 Å². The van der Waals surface area contributed by atoms with Crippen LogP contribution >= 0.6 is 0 Å². The van der Waals surface area contributed by atoms with Crippen LogP contribution in [-0.2, 0) is 30.2 Å². The van der Waals surface area contributed by atoms with Crippen molar-refractivity contribution >= 4 is 29.0 Å². The van der Waals surface area contributed by atoms with Crippen molar-refractivity contribution in [2.75, 3.05) is 33.9 Å². The van der Waals surface area contributed by atoms with Gasteiger partial charge in [-0.15, -0.1) is 0 Å². The standard InChI is InChI=1S/C20H26N2O7/c1-13(23)26-11-16(12-27-14(2)24)28-20(25)29-18-7-5-6-17-19(18)15(10-21-17)8-9-22(3)4/h5-7,10,16,21H,8-9,11-12H2,1-4H3. The van der Waals surface area contributed by atoms with E-state index < -0.39 is 24.2 Å². The second-order valence-corrected chi connectivity index (χ2v) is 6.74. The zero-order chi connectivity index (χ0) is 21.4. The summed E-state index contributed by atoms with van der Waals surface area (Å²) < 4.78 is 20.3. The lowest BCUT2D eigenvalue weighted by atomic mass is 10.1. The summed E-state index contributed by atoms with van der Waals surface area (Å²) in [6, 6.07) is 5.31. The van der Waals surface area contributed by atoms with Crippen molar-refractivity contribution in [1.82, 2.24) is 9.88 Å². The molecule has 1 heterocycles. The Morgan fingerprint density at radius 2 is 1.72 bits per heavy atom. The van der Waals surface area contributed by atoms with E-state index in [0.717, 1.165) is 29.4 Å². The number of aromatic amines is 1. The van der Waals surface area contributed by atoms with Crippen LogP contribution < -0.4 is 4.74 Å². The Hall–Kier alpha value is -3.07. The first-order valence-corrected chi connectivity index (χ1v) is 9.15. The molecule has 0 bridgehead atoms. The van der Waals surface area contributed by atoms with Gasteiger partial charge < -0.3 is 28.8 Å². The van der Waals surface area contributed by atoms with Gasteiger partial charge in [0.2, 0.25) is 0 Å². The Bertz CT molecular complexity index is 842. The number of esters is 2. The fourth-order valence-electron chi connectivity index (χ4n) is 2.63. The Kier molecular flexibility index (Phi) is 8.02. The van der Waals surface area contributed by atoms with E-state index in [2.05, 4.69) is 9.88 Å². The Labute approximate surface area is 168 Å². The first-order valence-electron chi connectivity index (χ1n) is 9.15. The Morgan fingerprint density at radius 3 is 2.31 bits per heavy atom. The maximum atomic E-state index is 12.3. The van der Waals surface area contributed by atoms with E-state index in [-0.39, 0.29) is 13.2 Å². The van der Waals surface area contributed by atoms with Gasteiger partial charge in [-0.25, -0.2) is 4.79 Å². The SMILES string of the molecule is CC(=O)OCC(COC(C)=O)OC(=O)Oc1cccc2[nH]cc(CCN(C)C)c12. The first-order chi connectivity index (χ1) is 13.8. The Morgan fingerprint density at radius 1 is 1.07 bits per heavy atom. The minimum atomic E-state index is -0.985. The second-order valence-electron chi connectivity index (χ2n) is 6.74. The summed E-state index contributed by atoms with van der Waals surface area (Å²) >= 11 is 0. The average molecular weight is 406 g/mol. The predicted octanol–water partition coefficient (Wildman–Crippen LogP) is 2.28. The molecule has 0 atom stereocenters. The van der Waals surface area contributed by atoms with Crippen LogP contribution in [0.15, 0.2) is 24.4 Å². The van der Waals surface area contributed by atoms with Gasteiger partial charge in [0.25, 0.3) is 0 Å². The lowest BCUT2D eigenvalue weighted by molar-refractivity contribution is -0.150. The number of H-pyrrole nitrogens is 1. The second kappa shape index (κ2) is 10.5. The summed E-state index contributed by atoms with van der Waals surface area (Å²) in [5.74, 6) is -0.740. The molecule has 9 heteroatoms. The third kappa shape index (κ3) is 7.11. The molecule has 0 radical (unpaired) electrons. The molecule has 158 valence electrons.